The summed E-state index contributed by atoms with van der Waals surface area (Å²) in [6, 6.07) is 13.8. The van der Waals surface area contributed by atoms with E-state index in [1.807, 2.05) is 0 Å². The molecule has 3 aromatic rings. The molecule has 4 rings (SSSR count). The average molecular weight is 449 g/mol. The average Bonchev–Trinajstić information content (AvgIpc) is 3.32. The van der Waals surface area contributed by atoms with Gasteiger partial charge in [-0.3, -0.25) is 14.8 Å². The van der Waals surface area contributed by atoms with Crippen molar-refractivity contribution in [1.82, 2.24) is 10.3 Å². The van der Waals surface area contributed by atoms with Crippen molar-refractivity contribution in [2.45, 2.75) is 12.1 Å². The molecule has 0 saturated heterocycles. The van der Waals surface area contributed by atoms with Crippen LogP contribution in [0, 0.1) is 11.6 Å². The Labute approximate surface area is 189 Å². The van der Waals surface area contributed by atoms with Crippen LogP contribution in [-0.4, -0.2) is 46.0 Å². The van der Waals surface area contributed by atoms with E-state index >= 15 is 0 Å². The minimum Gasteiger partial charge on any atom is -0.394 e. The molecule has 0 saturated carbocycles. The number of hydrogen-bond acceptors (Lipinski definition) is 5. The van der Waals surface area contributed by atoms with Gasteiger partial charge in [-0.25, -0.2) is 8.78 Å². The number of pyridine rings is 1. The molecule has 1 aliphatic heterocycles. The number of hydrogen-bond donors (Lipinski definition) is 3. The zero-order valence-corrected chi connectivity index (χ0v) is 17.5. The van der Waals surface area contributed by atoms with E-state index in [4.69, 9.17) is 0 Å². The first-order valence-corrected chi connectivity index (χ1v) is 10.3. The Morgan fingerprint density at radius 1 is 1.06 bits per heavy atom. The Morgan fingerprint density at radius 2 is 1.85 bits per heavy atom. The van der Waals surface area contributed by atoms with E-state index in [0.717, 1.165) is 11.1 Å². The van der Waals surface area contributed by atoms with Crippen molar-refractivity contribution in [3.05, 3.63) is 107 Å². The van der Waals surface area contributed by atoms with E-state index in [2.05, 4.69) is 15.3 Å². The van der Waals surface area contributed by atoms with Crippen LogP contribution in [0.15, 0.2) is 77.9 Å². The number of rotatable bonds is 7. The van der Waals surface area contributed by atoms with Gasteiger partial charge >= 0.3 is 0 Å². The number of aliphatic hydroxyl groups excluding tert-OH is 2. The third-order valence-electron chi connectivity index (χ3n) is 5.35. The van der Waals surface area contributed by atoms with Crippen molar-refractivity contribution in [2.75, 3.05) is 13.2 Å². The minimum atomic E-state index is -1.26. The second kappa shape index (κ2) is 9.81. The molecule has 0 radical (unpaired) electrons. The van der Waals surface area contributed by atoms with Gasteiger partial charge in [0.1, 0.15) is 17.7 Å². The highest BCUT2D eigenvalue weighted by molar-refractivity contribution is 6.19. The number of halogens is 2. The number of aliphatic hydroxyl groups is 2. The molecule has 33 heavy (non-hydrogen) atoms. The Kier molecular flexibility index (Phi) is 6.67. The molecule has 0 aliphatic carbocycles. The third-order valence-corrected chi connectivity index (χ3v) is 5.35. The molecule has 1 aromatic heterocycles. The lowest BCUT2D eigenvalue weighted by Crippen LogP contribution is -2.42. The van der Waals surface area contributed by atoms with E-state index in [1.165, 1.54) is 36.5 Å². The van der Waals surface area contributed by atoms with Crippen molar-refractivity contribution in [3.8, 4) is 0 Å². The van der Waals surface area contributed by atoms with Crippen LogP contribution in [0.1, 0.15) is 33.3 Å². The minimum absolute atomic E-state index is 0.0103. The van der Waals surface area contributed by atoms with E-state index < -0.39 is 30.5 Å². The predicted molar refractivity (Wildman–Crippen MR) is 120 cm³/mol. The van der Waals surface area contributed by atoms with E-state index in [1.54, 1.807) is 36.4 Å². The van der Waals surface area contributed by atoms with Gasteiger partial charge in [-0.15, -0.1) is 0 Å². The summed E-state index contributed by atoms with van der Waals surface area (Å²) in [5.41, 5.74) is 2.09. The highest BCUT2D eigenvalue weighted by Gasteiger charge is 2.27. The van der Waals surface area contributed by atoms with Crippen LogP contribution in [-0.2, 0) is 0 Å². The van der Waals surface area contributed by atoms with Crippen LogP contribution in [0.3, 0.4) is 0 Å². The SMILES string of the molecule is O=C(N[C@@H](CO)C(O)c1ccccn1)c1cccc(F)c1C1=NCC(c2ccc(F)cc2)=C1. The number of nitrogens with one attached hydrogen (secondary N) is 1. The molecule has 2 heterocycles. The lowest BCUT2D eigenvalue weighted by Gasteiger charge is -2.22. The van der Waals surface area contributed by atoms with Crippen molar-refractivity contribution in [3.63, 3.8) is 0 Å². The molecular formula is C25H21F2N3O3. The smallest absolute Gasteiger partial charge is 0.252 e. The first-order valence-electron chi connectivity index (χ1n) is 10.3. The summed E-state index contributed by atoms with van der Waals surface area (Å²) in [6.45, 7) is -0.294. The van der Waals surface area contributed by atoms with Gasteiger partial charge in [-0.05, 0) is 53.6 Å². The van der Waals surface area contributed by atoms with Crippen molar-refractivity contribution >= 4 is 17.2 Å². The van der Waals surface area contributed by atoms with Crippen LogP contribution in [0.4, 0.5) is 8.78 Å². The summed E-state index contributed by atoms with van der Waals surface area (Å²) >= 11 is 0. The second-order valence-electron chi connectivity index (χ2n) is 7.50. The fourth-order valence-corrected chi connectivity index (χ4v) is 3.62. The van der Waals surface area contributed by atoms with Crippen LogP contribution in [0.5, 0.6) is 0 Å². The number of carbonyl (C=O) groups is 1. The number of amides is 1. The molecular weight excluding hydrogens is 428 g/mol. The summed E-state index contributed by atoms with van der Waals surface area (Å²) in [7, 11) is 0. The molecule has 168 valence electrons. The number of allylic oxidation sites excluding steroid dienone is 1. The standard InChI is InChI=1S/C25H21F2N3O3/c26-17-9-7-15(8-10-17)16-12-21(29-13-16)23-18(4-3-5-19(23)27)25(33)30-22(14-31)24(32)20-6-1-2-11-28-20/h1-12,22,24,31-32H,13-14H2,(H,30,33)/t22-,24?/m0/s1. The first-order chi connectivity index (χ1) is 16.0. The molecule has 6 nitrogen and oxygen atoms in total. The summed E-state index contributed by atoms with van der Waals surface area (Å²) in [4.78, 5) is 21.4. The fourth-order valence-electron chi connectivity index (χ4n) is 3.62. The number of benzene rings is 2. The van der Waals surface area contributed by atoms with Crippen LogP contribution < -0.4 is 5.32 Å². The van der Waals surface area contributed by atoms with Crippen molar-refractivity contribution in [2.24, 2.45) is 4.99 Å². The summed E-state index contributed by atoms with van der Waals surface area (Å²) < 4.78 is 28.1. The molecule has 0 bridgehead atoms. The quantitative estimate of drug-likeness (QED) is 0.517. The first kappa shape index (κ1) is 22.4. The normalized spacial score (nSPS) is 14.9. The topological polar surface area (TPSA) is 94.8 Å². The number of nitrogens with zero attached hydrogens (tertiary/aromatic N) is 2. The monoisotopic (exact) mass is 449 g/mol. The van der Waals surface area contributed by atoms with Crippen LogP contribution in [0.25, 0.3) is 5.57 Å². The highest BCUT2D eigenvalue weighted by Crippen LogP contribution is 2.25. The third kappa shape index (κ3) is 4.87. The molecule has 2 atom stereocenters. The van der Waals surface area contributed by atoms with E-state index in [0.29, 0.717) is 0 Å². The number of aromatic nitrogens is 1. The fraction of sp³-hybridized carbons (Fsp3) is 0.160. The molecule has 1 unspecified atom stereocenters. The largest absolute Gasteiger partial charge is 0.394 e. The van der Waals surface area contributed by atoms with Gasteiger partial charge in [0.15, 0.2) is 0 Å². The van der Waals surface area contributed by atoms with E-state index in [-0.39, 0.29) is 34.9 Å². The Hall–Kier alpha value is -3.75. The maximum absolute atomic E-state index is 14.8. The van der Waals surface area contributed by atoms with Gasteiger partial charge in [0.05, 0.1) is 36.2 Å². The zero-order valence-electron chi connectivity index (χ0n) is 17.5. The van der Waals surface area contributed by atoms with Gasteiger partial charge in [-0.1, -0.05) is 24.3 Å². The van der Waals surface area contributed by atoms with Gasteiger partial charge in [-0.2, -0.15) is 0 Å². The van der Waals surface area contributed by atoms with E-state index in [9.17, 15) is 23.8 Å². The number of aliphatic imine (C=N–C) groups is 1. The Morgan fingerprint density at radius 3 is 2.55 bits per heavy atom. The molecule has 8 heteroatoms. The Balaban J connectivity index is 1.60. The maximum Gasteiger partial charge on any atom is 0.252 e. The molecule has 1 aliphatic rings. The van der Waals surface area contributed by atoms with Crippen molar-refractivity contribution < 1.29 is 23.8 Å². The van der Waals surface area contributed by atoms with Gasteiger partial charge in [0.25, 0.3) is 5.91 Å². The van der Waals surface area contributed by atoms with Gasteiger partial charge in [0, 0.05) is 11.8 Å². The maximum atomic E-state index is 14.8. The highest BCUT2D eigenvalue weighted by atomic mass is 19.1. The van der Waals surface area contributed by atoms with Gasteiger partial charge < -0.3 is 15.5 Å². The predicted octanol–water partition coefficient (Wildman–Crippen LogP) is 3.07. The van der Waals surface area contributed by atoms with Crippen LogP contribution in [0.2, 0.25) is 0 Å². The molecule has 0 fully saturated rings. The molecule has 3 N–H and O–H groups in total. The number of carbonyl (C=O) groups excluding carboxylic acids is 1. The lowest BCUT2D eigenvalue weighted by molar-refractivity contribution is 0.0688. The lowest BCUT2D eigenvalue weighted by atomic mass is 9.98. The van der Waals surface area contributed by atoms with Crippen LogP contribution >= 0.6 is 0 Å². The zero-order chi connectivity index (χ0) is 23.4. The summed E-state index contributed by atoms with van der Waals surface area (Å²) in [5.74, 6) is -1.67. The van der Waals surface area contributed by atoms with Crippen molar-refractivity contribution in [1.29, 1.82) is 0 Å². The summed E-state index contributed by atoms with van der Waals surface area (Å²) in [6.07, 6.45) is 1.89. The molecule has 2 aromatic carbocycles. The second-order valence-corrected chi connectivity index (χ2v) is 7.50. The molecule has 1 amide bonds. The Bertz CT molecular complexity index is 1210. The summed E-state index contributed by atoms with van der Waals surface area (Å²) in [5, 5.41) is 22.8. The molecule has 0 spiro atoms. The van der Waals surface area contributed by atoms with Gasteiger partial charge in [0.2, 0.25) is 0 Å².